The molecule has 0 spiro atoms. The van der Waals surface area contributed by atoms with E-state index >= 15 is 0 Å². The first-order valence-corrected chi connectivity index (χ1v) is 6.65. The number of nitrogens with one attached hydrogen (secondary N) is 1. The summed E-state index contributed by atoms with van der Waals surface area (Å²) in [5.74, 6) is 1.73. The maximum absolute atomic E-state index is 4.53. The third-order valence-corrected chi connectivity index (χ3v) is 3.32. The zero-order valence-corrected chi connectivity index (χ0v) is 12.5. The predicted octanol–water partition coefficient (Wildman–Crippen LogP) is 2.53. The van der Waals surface area contributed by atoms with Crippen LogP contribution >= 0.6 is 22.6 Å². The van der Waals surface area contributed by atoms with E-state index in [1.54, 1.807) is 0 Å². The van der Waals surface area contributed by atoms with Gasteiger partial charge in [0.05, 0.1) is 9.26 Å². The molecule has 0 saturated carbocycles. The van der Waals surface area contributed by atoms with Gasteiger partial charge >= 0.3 is 0 Å². The van der Waals surface area contributed by atoms with Gasteiger partial charge in [-0.1, -0.05) is 13.8 Å². The fourth-order valence-electron chi connectivity index (χ4n) is 1.28. The van der Waals surface area contributed by atoms with Gasteiger partial charge in [-0.3, -0.25) is 0 Å². The van der Waals surface area contributed by atoms with Crippen LogP contribution in [-0.2, 0) is 6.42 Å². The van der Waals surface area contributed by atoms with Gasteiger partial charge in [0.15, 0.2) is 0 Å². The topological polar surface area (TPSA) is 41.1 Å². The van der Waals surface area contributed by atoms with Crippen molar-refractivity contribution in [3.63, 3.8) is 0 Å². The van der Waals surface area contributed by atoms with Crippen LogP contribution in [-0.4, -0.2) is 30.6 Å². The SMILES string of the molecule is CCCNc1nc(N(C)C)nc(CC)c1I. The number of nitrogens with zero attached hydrogens (tertiary/aromatic N) is 3. The maximum Gasteiger partial charge on any atom is 0.227 e. The second kappa shape index (κ2) is 6.22. The molecule has 0 atom stereocenters. The van der Waals surface area contributed by atoms with Crippen molar-refractivity contribution in [2.75, 3.05) is 30.9 Å². The Labute approximate surface area is 111 Å². The lowest BCUT2D eigenvalue weighted by Crippen LogP contribution is -2.16. The van der Waals surface area contributed by atoms with Crippen LogP contribution in [0.25, 0.3) is 0 Å². The predicted molar refractivity (Wildman–Crippen MR) is 77.2 cm³/mol. The first-order chi connectivity index (χ1) is 7.60. The summed E-state index contributed by atoms with van der Waals surface area (Å²) in [4.78, 5) is 11.0. The van der Waals surface area contributed by atoms with Gasteiger partial charge in [-0.05, 0) is 35.4 Å². The fraction of sp³-hybridized carbons (Fsp3) is 0.636. The monoisotopic (exact) mass is 334 g/mol. The molecular formula is C11H19IN4. The Morgan fingerprint density at radius 2 is 1.94 bits per heavy atom. The van der Waals surface area contributed by atoms with Crippen LogP contribution in [0, 0.1) is 3.57 Å². The van der Waals surface area contributed by atoms with E-state index in [4.69, 9.17) is 0 Å². The van der Waals surface area contributed by atoms with Crippen LogP contribution in [0.3, 0.4) is 0 Å². The Balaban J connectivity index is 3.08. The molecule has 1 heterocycles. The molecule has 0 fully saturated rings. The molecule has 0 bridgehead atoms. The average molecular weight is 334 g/mol. The van der Waals surface area contributed by atoms with Crippen molar-refractivity contribution in [3.05, 3.63) is 9.26 Å². The highest BCUT2D eigenvalue weighted by molar-refractivity contribution is 14.1. The van der Waals surface area contributed by atoms with Gasteiger partial charge in [-0.25, -0.2) is 4.98 Å². The molecule has 1 N–H and O–H groups in total. The molecule has 0 aliphatic carbocycles. The van der Waals surface area contributed by atoms with E-state index in [9.17, 15) is 0 Å². The minimum absolute atomic E-state index is 0.774. The van der Waals surface area contributed by atoms with Gasteiger partial charge in [-0.2, -0.15) is 4.98 Å². The molecule has 5 heteroatoms. The van der Waals surface area contributed by atoms with E-state index in [0.29, 0.717) is 0 Å². The Hall–Kier alpha value is -0.590. The third-order valence-electron chi connectivity index (χ3n) is 2.19. The molecule has 90 valence electrons. The molecule has 0 unspecified atom stereocenters. The van der Waals surface area contributed by atoms with Gasteiger partial charge in [0, 0.05) is 20.6 Å². The standard InChI is InChI=1S/C11H19IN4/c1-5-7-13-10-9(12)8(6-2)14-11(15-10)16(3)4/h5-7H2,1-4H3,(H,13,14,15). The molecule has 0 aliphatic rings. The van der Waals surface area contributed by atoms with Crippen molar-refractivity contribution in [3.8, 4) is 0 Å². The molecule has 1 aromatic rings. The van der Waals surface area contributed by atoms with Gasteiger partial charge in [0.2, 0.25) is 5.95 Å². The molecule has 1 rings (SSSR count). The first kappa shape index (κ1) is 13.5. The van der Waals surface area contributed by atoms with Gasteiger partial charge < -0.3 is 10.2 Å². The lowest BCUT2D eigenvalue weighted by atomic mass is 10.3. The number of hydrogen-bond acceptors (Lipinski definition) is 4. The van der Waals surface area contributed by atoms with Crippen LogP contribution < -0.4 is 10.2 Å². The molecule has 16 heavy (non-hydrogen) atoms. The van der Waals surface area contributed by atoms with E-state index in [-0.39, 0.29) is 0 Å². The van der Waals surface area contributed by atoms with Gasteiger partial charge in [0.1, 0.15) is 5.82 Å². The fourth-order valence-corrected chi connectivity index (χ4v) is 2.09. The summed E-state index contributed by atoms with van der Waals surface area (Å²) >= 11 is 2.31. The van der Waals surface area contributed by atoms with Gasteiger partial charge in [-0.15, -0.1) is 0 Å². The molecule has 0 amide bonds. The van der Waals surface area contributed by atoms with Crippen molar-refractivity contribution in [1.82, 2.24) is 9.97 Å². The maximum atomic E-state index is 4.53. The van der Waals surface area contributed by atoms with Crippen LogP contribution in [0.2, 0.25) is 0 Å². The highest BCUT2D eigenvalue weighted by Gasteiger charge is 2.11. The highest BCUT2D eigenvalue weighted by atomic mass is 127. The number of halogens is 1. The summed E-state index contributed by atoms with van der Waals surface area (Å²) in [5.41, 5.74) is 1.11. The zero-order chi connectivity index (χ0) is 12.1. The average Bonchev–Trinajstić information content (AvgIpc) is 2.27. The second-order valence-corrected chi connectivity index (χ2v) is 4.89. The first-order valence-electron chi connectivity index (χ1n) is 5.57. The molecule has 4 nitrogen and oxygen atoms in total. The molecule has 0 saturated heterocycles. The van der Waals surface area contributed by atoms with Crippen LogP contribution in [0.4, 0.5) is 11.8 Å². The highest BCUT2D eigenvalue weighted by Crippen LogP contribution is 2.22. The quantitative estimate of drug-likeness (QED) is 0.841. The number of aromatic nitrogens is 2. The van der Waals surface area contributed by atoms with Crippen molar-refractivity contribution >= 4 is 34.4 Å². The molecule has 0 radical (unpaired) electrons. The van der Waals surface area contributed by atoms with Crippen LogP contribution in [0.15, 0.2) is 0 Å². The lowest BCUT2D eigenvalue weighted by Gasteiger charge is -2.15. The summed E-state index contributed by atoms with van der Waals surface area (Å²) in [7, 11) is 3.93. The third kappa shape index (κ3) is 3.20. The molecule has 0 aliphatic heterocycles. The number of anilines is 2. The number of hydrogen-bond donors (Lipinski definition) is 1. The minimum Gasteiger partial charge on any atom is -0.369 e. The van der Waals surface area contributed by atoms with E-state index < -0.39 is 0 Å². The smallest absolute Gasteiger partial charge is 0.227 e. The Morgan fingerprint density at radius 1 is 1.25 bits per heavy atom. The Bertz CT molecular complexity index is 352. The minimum atomic E-state index is 0.774. The lowest BCUT2D eigenvalue weighted by molar-refractivity contribution is 0.911. The Kier molecular flexibility index (Phi) is 5.24. The molecule has 0 aromatic carbocycles. The van der Waals surface area contributed by atoms with Crippen molar-refractivity contribution in [2.24, 2.45) is 0 Å². The number of rotatable bonds is 5. The summed E-state index contributed by atoms with van der Waals surface area (Å²) in [6.07, 6.45) is 2.03. The van der Waals surface area contributed by atoms with E-state index in [2.05, 4.69) is 51.7 Å². The van der Waals surface area contributed by atoms with E-state index in [0.717, 1.165) is 40.4 Å². The summed E-state index contributed by atoms with van der Waals surface area (Å²) in [6.45, 7) is 5.21. The summed E-state index contributed by atoms with van der Waals surface area (Å²) in [6, 6.07) is 0. The van der Waals surface area contributed by atoms with Crippen molar-refractivity contribution < 1.29 is 0 Å². The normalized spacial score (nSPS) is 10.3. The van der Waals surface area contributed by atoms with Crippen molar-refractivity contribution in [1.29, 1.82) is 0 Å². The van der Waals surface area contributed by atoms with E-state index in [1.165, 1.54) is 0 Å². The summed E-state index contributed by atoms with van der Waals surface area (Å²) in [5, 5.41) is 3.35. The van der Waals surface area contributed by atoms with Gasteiger partial charge in [0.25, 0.3) is 0 Å². The molecular weight excluding hydrogens is 315 g/mol. The second-order valence-electron chi connectivity index (χ2n) is 3.81. The number of aryl methyl sites for hydroxylation is 1. The zero-order valence-electron chi connectivity index (χ0n) is 10.3. The van der Waals surface area contributed by atoms with Crippen molar-refractivity contribution in [2.45, 2.75) is 26.7 Å². The van der Waals surface area contributed by atoms with E-state index in [1.807, 2.05) is 19.0 Å². The van der Waals surface area contributed by atoms with Crippen LogP contribution in [0.1, 0.15) is 26.0 Å². The Morgan fingerprint density at radius 3 is 2.44 bits per heavy atom. The largest absolute Gasteiger partial charge is 0.369 e. The summed E-state index contributed by atoms with van der Waals surface area (Å²) < 4.78 is 1.14. The molecule has 1 aromatic heterocycles. The van der Waals surface area contributed by atoms with Crippen LogP contribution in [0.5, 0.6) is 0 Å².